The van der Waals surface area contributed by atoms with Crippen molar-refractivity contribution in [1.29, 1.82) is 0 Å². The van der Waals surface area contributed by atoms with Crippen LogP contribution in [0.25, 0.3) is 0 Å². The highest BCUT2D eigenvalue weighted by Crippen LogP contribution is 2.44. The molecule has 19 heavy (non-hydrogen) atoms. The zero-order valence-electron chi connectivity index (χ0n) is 10.5. The van der Waals surface area contributed by atoms with Gasteiger partial charge in [-0.1, -0.05) is 90.6 Å². The maximum atomic E-state index is 6.33. The summed E-state index contributed by atoms with van der Waals surface area (Å²) < 4.78 is 0. The third kappa shape index (κ3) is 2.73. The van der Waals surface area contributed by atoms with Crippen molar-refractivity contribution >= 4 is 46.4 Å². The van der Waals surface area contributed by atoms with Crippen molar-refractivity contribution in [2.75, 3.05) is 0 Å². The average Bonchev–Trinajstić information content (AvgIpc) is 2.41. The number of rotatable bonds is 2. The zero-order valence-corrected chi connectivity index (χ0v) is 13.5. The van der Waals surface area contributed by atoms with E-state index in [0.717, 1.165) is 11.1 Å². The second-order valence-electron chi connectivity index (χ2n) is 4.84. The van der Waals surface area contributed by atoms with Crippen molar-refractivity contribution in [2.45, 2.75) is 19.3 Å². The Labute approximate surface area is 133 Å². The van der Waals surface area contributed by atoms with Crippen LogP contribution in [0.4, 0.5) is 0 Å². The first-order chi connectivity index (χ1) is 8.85. The quantitative estimate of drug-likeness (QED) is 0.427. The molecule has 2 aromatic rings. The minimum absolute atomic E-state index is 0.293. The van der Waals surface area contributed by atoms with Crippen LogP contribution in [0.3, 0.4) is 0 Å². The van der Waals surface area contributed by atoms with Gasteiger partial charge in [0.1, 0.15) is 0 Å². The average molecular weight is 334 g/mol. The second-order valence-corrected chi connectivity index (χ2v) is 6.38. The lowest BCUT2D eigenvalue weighted by molar-refractivity contribution is 0.641. The normalized spacial score (nSPS) is 11.7. The lowest BCUT2D eigenvalue weighted by Crippen LogP contribution is -2.19. The molecule has 0 nitrogen and oxygen atoms in total. The van der Waals surface area contributed by atoms with Gasteiger partial charge in [-0.15, -0.1) is 0 Å². The summed E-state index contributed by atoms with van der Waals surface area (Å²) in [6, 6.07) is 11.8. The Balaban J connectivity index is 2.65. The second kappa shape index (κ2) is 5.54. The number of halogens is 4. The van der Waals surface area contributed by atoms with E-state index in [0.29, 0.717) is 20.1 Å². The van der Waals surface area contributed by atoms with Gasteiger partial charge in [0.25, 0.3) is 0 Å². The van der Waals surface area contributed by atoms with Crippen molar-refractivity contribution in [3.63, 3.8) is 0 Å². The van der Waals surface area contributed by atoms with E-state index in [1.165, 1.54) is 0 Å². The van der Waals surface area contributed by atoms with Gasteiger partial charge >= 0.3 is 0 Å². The topological polar surface area (TPSA) is 0 Å². The van der Waals surface area contributed by atoms with Crippen LogP contribution < -0.4 is 0 Å². The molecular weight excluding hydrogens is 322 g/mol. The van der Waals surface area contributed by atoms with Gasteiger partial charge in [-0.2, -0.15) is 0 Å². The molecule has 4 heteroatoms. The van der Waals surface area contributed by atoms with Gasteiger partial charge in [0.15, 0.2) is 0 Å². The Bertz CT molecular complexity index is 603. The van der Waals surface area contributed by atoms with E-state index < -0.39 is 0 Å². The van der Waals surface area contributed by atoms with Crippen molar-refractivity contribution in [3.8, 4) is 0 Å². The van der Waals surface area contributed by atoms with Gasteiger partial charge < -0.3 is 0 Å². The Morgan fingerprint density at radius 1 is 0.789 bits per heavy atom. The third-order valence-corrected chi connectivity index (χ3v) is 5.02. The first-order valence-corrected chi connectivity index (χ1v) is 7.26. The molecular formula is C15H12Cl4. The van der Waals surface area contributed by atoms with Crippen LogP contribution in [-0.4, -0.2) is 0 Å². The lowest BCUT2D eigenvalue weighted by Gasteiger charge is -2.28. The van der Waals surface area contributed by atoms with E-state index in [9.17, 15) is 0 Å². The fourth-order valence-corrected chi connectivity index (χ4v) is 3.08. The molecule has 2 rings (SSSR count). The smallest absolute Gasteiger partial charge is 0.0796 e. The molecule has 0 bridgehead atoms. The fourth-order valence-electron chi connectivity index (χ4n) is 2.04. The minimum Gasteiger partial charge on any atom is -0.0826 e. The molecule has 0 aromatic heterocycles. The summed E-state index contributed by atoms with van der Waals surface area (Å²) in [5.41, 5.74) is 1.68. The molecule has 0 N–H and O–H groups in total. The van der Waals surface area contributed by atoms with E-state index >= 15 is 0 Å². The zero-order chi connectivity index (χ0) is 14.2. The number of benzene rings is 2. The van der Waals surface area contributed by atoms with Crippen LogP contribution in [0.5, 0.6) is 0 Å². The number of hydrogen-bond acceptors (Lipinski definition) is 0. The van der Waals surface area contributed by atoms with Crippen LogP contribution in [0.15, 0.2) is 36.4 Å². The summed E-state index contributed by atoms with van der Waals surface area (Å²) in [6.45, 7) is 4.15. The van der Waals surface area contributed by atoms with E-state index in [4.69, 9.17) is 46.4 Å². The molecule has 0 aliphatic rings. The summed E-state index contributed by atoms with van der Waals surface area (Å²) in [4.78, 5) is 0. The van der Waals surface area contributed by atoms with Crippen LogP contribution in [0, 0.1) is 0 Å². The predicted octanol–water partition coefficient (Wildman–Crippen LogP) is 6.63. The lowest BCUT2D eigenvalue weighted by atomic mass is 9.78. The van der Waals surface area contributed by atoms with E-state index in [2.05, 4.69) is 13.8 Å². The van der Waals surface area contributed by atoms with E-state index in [1.807, 2.05) is 30.3 Å². The maximum Gasteiger partial charge on any atom is 0.0796 e. The fraction of sp³-hybridized carbons (Fsp3) is 0.200. The summed E-state index contributed by atoms with van der Waals surface area (Å²) in [5.74, 6) is 0. The predicted molar refractivity (Wildman–Crippen MR) is 85.1 cm³/mol. The number of hydrogen-bond donors (Lipinski definition) is 0. The molecule has 0 radical (unpaired) electrons. The molecule has 100 valence electrons. The Hall–Kier alpha value is -0.400. The highest BCUT2D eigenvalue weighted by Gasteiger charge is 2.28. The van der Waals surface area contributed by atoms with Crippen LogP contribution in [0.1, 0.15) is 25.0 Å². The first-order valence-electron chi connectivity index (χ1n) is 5.74. The monoisotopic (exact) mass is 332 g/mol. The molecule has 0 heterocycles. The van der Waals surface area contributed by atoms with Crippen LogP contribution in [-0.2, 0) is 5.41 Å². The molecule has 0 atom stereocenters. The van der Waals surface area contributed by atoms with Crippen molar-refractivity contribution in [1.82, 2.24) is 0 Å². The highest BCUT2D eigenvalue weighted by molar-refractivity contribution is 6.52. The Morgan fingerprint density at radius 2 is 1.37 bits per heavy atom. The molecule has 0 fully saturated rings. The molecule has 0 spiro atoms. The Morgan fingerprint density at radius 3 is 1.95 bits per heavy atom. The van der Waals surface area contributed by atoms with Crippen LogP contribution in [0.2, 0.25) is 20.1 Å². The van der Waals surface area contributed by atoms with Gasteiger partial charge in [0, 0.05) is 5.41 Å². The summed E-state index contributed by atoms with van der Waals surface area (Å²) in [7, 11) is 0. The molecule has 0 saturated heterocycles. The van der Waals surface area contributed by atoms with Gasteiger partial charge in [-0.05, 0) is 17.2 Å². The van der Waals surface area contributed by atoms with Crippen molar-refractivity contribution in [2.24, 2.45) is 0 Å². The summed E-state index contributed by atoms with van der Waals surface area (Å²) in [5, 5.41) is 1.45. The molecule has 0 amide bonds. The van der Waals surface area contributed by atoms with Gasteiger partial charge in [-0.25, -0.2) is 0 Å². The van der Waals surface area contributed by atoms with Gasteiger partial charge in [0.2, 0.25) is 0 Å². The van der Waals surface area contributed by atoms with E-state index in [1.54, 1.807) is 6.07 Å². The minimum atomic E-state index is -0.309. The molecule has 0 unspecified atom stereocenters. The standard InChI is InChI=1S/C15H12Cl4/c1-15(2,9-6-4-3-5-7-9)10-8-11(16)13(18)14(19)12(10)17/h3-8H,1-2H3. The molecule has 0 saturated carbocycles. The van der Waals surface area contributed by atoms with Gasteiger partial charge in [-0.3, -0.25) is 0 Å². The summed E-state index contributed by atoms with van der Waals surface area (Å²) >= 11 is 24.6. The van der Waals surface area contributed by atoms with Gasteiger partial charge in [0.05, 0.1) is 20.1 Å². The SMILES string of the molecule is CC(C)(c1ccccc1)c1cc(Cl)c(Cl)c(Cl)c1Cl. The molecule has 2 aromatic carbocycles. The highest BCUT2D eigenvalue weighted by atomic mass is 35.5. The third-order valence-electron chi connectivity index (χ3n) is 3.27. The maximum absolute atomic E-state index is 6.33. The van der Waals surface area contributed by atoms with Crippen LogP contribution >= 0.6 is 46.4 Å². The molecule has 0 aliphatic heterocycles. The molecule has 0 aliphatic carbocycles. The summed E-state index contributed by atoms with van der Waals surface area (Å²) in [6.07, 6.45) is 0. The Kier molecular flexibility index (Phi) is 4.37. The first kappa shape index (κ1) is 15.0. The van der Waals surface area contributed by atoms with Crippen molar-refractivity contribution in [3.05, 3.63) is 67.6 Å². The largest absolute Gasteiger partial charge is 0.0826 e. The van der Waals surface area contributed by atoms with E-state index in [-0.39, 0.29) is 5.41 Å². The van der Waals surface area contributed by atoms with Crippen molar-refractivity contribution < 1.29 is 0 Å².